The lowest BCUT2D eigenvalue weighted by Crippen LogP contribution is -2.12. The molecule has 0 aliphatic rings. The topological polar surface area (TPSA) is 0 Å². The Balaban J connectivity index is 3.52. The second-order valence-corrected chi connectivity index (χ2v) is 15.0. The molecule has 0 rings (SSSR count). The lowest BCUT2D eigenvalue weighted by Gasteiger charge is -2.22. The number of hydrogen-bond donors (Lipinski definition) is 0. The lowest BCUT2D eigenvalue weighted by molar-refractivity contribution is 0.561. The van der Waals surface area contributed by atoms with Gasteiger partial charge in [-0.05, 0) is 49.7 Å². The molecule has 0 N–H and O–H groups in total. The quantitative estimate of drug-likeness (QED) is 0.291. The van der Waals surface area contributed by atoms with Crippen molar-refractivity contribution >= 4 is 51.1 Å². The molecule has 0 spiro atoms. The van der Waals surface area contributed by atoms with Crippen LogP contribution in [0.2, 0.25) is 0 Å². The van der Waals surface area contributed by atoms with Crippen molar-refractivity contribution in [1.82, 2.24) is 0 Å². The Labute approximate surface area is 133 Å². The van der Waals surface area contributed by atoms with Crippen molar-refractivity contribution in [1.29, 1.82) is 0 Å². The molecule has 0 radical (unpaired) electrons. The van der Waals surface area contributed by atoms with Gasteiger partial charge in [-0.15, -0.1) is 0 Å². The monoisotopic (exact) mass is 344 g/mol. The first kappa shape index (κ1) is 19.8. The summed E-state index contributed by atoms with van der Waals surface area (Å²) in [4.78, 5) is 0. The zero-order valence-electron chi connectivity index (χ0n) is 12.6. The van der Waals surface area contributed by atoms with Crippen LogP contribution in [0.3, 0.4) is 0 Å². The molecule has 0 aliphatic heterocycles. The predicted molar refractivity (Wildman–Crippen MR) is 101 cm³/mol. The molecule has 0 fully saturated rings. The van der Waals surface area contributed by atoms with Gasteiger partial charge in [-0.2, -0.15) is 0 Å². The summed E-state index contributed by atoms with van der Waals surface area (Å²) in [5.74, 6) is 0. The molecule has 0 saturated heterocycles. The van der Waals surface area contributed by atoms with Gasteiger partial charge < -0.3 is 0 Å². The van der Waals surface area contributed by atoms with E-state index in [0.717, 1.165) is 0 Å². The molecule has 0 aliphatic carbocycles. The molecule has 18 heavy (non-hydrogen) atoms. The van der Waals surface area contributed by atoms with Gasteiger partial charge in [-0.1, -0.05) is 75.0 Å². The fourth-order valence-electron chi connectivity index (χ4n) is 1.25. The van der Waals surface area contributed by atoms with Gasteiger partial charge in [-0.25, -0.2) is 0 Å². The van der Waals surface area contributed by atoms with E-state index >= 15 is 0 Å². The first-order valence-corrected chi connectivity index (χ1v) is 12.8. The molecule has 5 heteroatoms. The zero-order chi connectivity index (χ0) is 14.1. The number of rotatable bonds is 10. The van der Waals surface area contributed by atoms with Crippen LogP contribution in [0.1, 0.15) is 73.6 Å². The maximum absolute atomic E-state index is 2.37. The van der Waals surface area contributed by atoms with Crippen molar-refractivity contribution in [3.05, 3.63) is 0 Å². The molecule has 0 atom stereocenters. The van der Waals surface area contributed by atoms with Crippen molar-refractivity contribution in [2.24, 2.45) is 0 Å². The molecule has 110 valence electrons. The summed E-state index contributed by atoms with van der Waals surface area (Å²) in [5.41, 5.74) is 0. The first-order valence-electron chi connectivity index (χ1n) is 6.64. The highest BCUT2D eigenvalue weighted by atomic mass is 33.8. The summed E-state index contributed by atoms with van der Waals surface area (Å²) in [6, 6.07) is 0. The Hall–Kier alpha value is 1.75. The van der Waals surface area contributed by atoms with Crippen molar-refractivity contribution in [2.75, 3.05) is 0 Å². The second-order valence-electron chi connectivity index (χ2n) is 6.05. The van der Waals surface area contributed by atoms with Gasteiger partial charge in [-0.3, -0.25) is 0 Å². The van der Waals surface area contributed by atoms with Crippen LogP contribution >= 0.6 is 51.1 Å². The molecule has 0 aromatic heterocycles. The Morgan fingerprint density at radius 3 is 1.89 bits per heavy atom. The van der Waals surface area contributed by atoms with Crippen LogP contribution in [0.5, 0.6) is 0 Å². The third kappa shape index (κ3) is 14.2. The molecule has 0 heterocycles. The van der Waals surface area contributed by atoms with Crippen molar-refractivity contribution in [3.8, 4) is 0 Å². The maximum Gasteiger partial charge on any atom is 0.0215 e. The first-order chi connectivity index (χ1) is 8.27. The average Bonchev–Trinajstić information content (AvgIpc) is 2.22. The largest absolute Gasteiger partial charge is 0.0757 e. The van der Waals surface area contributed by atoms with Gasteiger partial charge in [0.1, 0.15) is 0 Å². The fraction of sp³-hybridized carbons (Fsp3) is 1.00. The summed E-state index contributed by atoms with van der Waals surface area (Å²) in [6.07, 6.45) is 6.83. The molecule has 0 amide bonds. The van der Waals surface area contributed by atoms with Crippen LogP contribution in [-0.2, 0) is 0 Å². The smallest absolute Gasteiger partial charge is 0.0215 e. The lowest BCUT2D eigenvalue weighted by atomic mass is 10.0. The predicted octanol–water partition coefficient (Wildman–Crippen LogP) is 7.86. The summed E-state index contributed by atoms with van der Waals surface area (Å²) < 4.78 is 0.775. The van der Waals surface area contributed by atoms with Crippen LogP contribution < -0.4 is 0 Å². The third-order valence-corrected chi connectivity index (χ3v) is 12.5. The zero-order valence-corrected chi connectivity index (χ0v) is 16.7. The van der Waals surface area contributed by atoms with Crippen LogP contribution in [0.25, 0.3) is 0 Å². The third-order valence-electron chi connectivity index (χ3n) is 2.23. The van der Waals surface area contributed by atoms with E-state index in [1.54, 1.807) is 0 Å². The average molecular weight is 345 g/mol. The Morgan fingerprint density at radius 2 is 1.33 bits per heavy atom. The van der Waals surface area contributed by atoms with E-state index < -0.39 is 0 Å². The summed E-state index contributed by atoms with van der Waals surface area (Å²) in [6.45, 7) is 13.8. The van der Waals surface area contributed by atoms with Gasteiger partial charge in [0.2, 0.25) is 0 Å². The van der Waals surface area contributed by atoms with E-state index in [9.17, 15) is 0 Å². The van der Waals surface area contributed by atoms with Gasteiger partial charge in [0.15, 0.2) is 0 Å². The maximum atomic E-state index is 2.37. The normalized spacial score (nSPS) is 13.0. The van der Waals surface area contributed by atoms with E-state index in [0.29, 0.717) is 9.49 Å². The van der Waals surface area contributed by atoms with Crippen LogP contribution in [0.15, 0.2) is 0 Å². The summed E-state index contributed by atoms with van der Waals surface area (Å²) in [7, 11) is 9.75. The number of hydrogen-bond acceptors (Lipinski definition) is 5. The minimum atomic E-state index is 0.360. The molecule has 0 bridgehead atoms. The molecule has 0 nitrogen and oxygen atoms in total. The Morgan fingerprint density at radius 1 is 0.722 bits per heavy atom. The standard InChI is InChI=1S/C13H28S5/c1-7-8-9-10-11-13(5,6)15-17-18-16-14-12(2,3)4/h7-11H2,1-6H3. The highest BCUT2D eigenvalue weighted by Crippen LogP contribution is 2.55. The molecule has 0 aromatic carbocycles. The second kappa shape index (κ2) is 10.5. The molecule has 0 aromatic rings. The van der Waals surface area contributed by atoms with Crippen molar-refractivity contribution < 1.29 is 0 Å². The van der Waals surface area contributed by atoms with Gasteiger partial charge in [0.05, 0.1) is 0 Å². The summed E-state index contributed by atoms with van der Waals surface area (Å²) >= 11 is 0. The van der Waals surface area contributed by atoms with Crippen LogP contribution in [0, 0.1) is 0 Å². The van der Waals surface area contributed by atoms with E-state index in [1.165, 1.54) is 32.1 Å². The molecule has 0 saturated carbocycles. The van der Waals surface area contributed by atoms with E-state index in [1.807, 2.05) is 51.1 Å². The van der Waals surface area contributed by atoms with Crippen molar-refractivity contribution in [3.63, 3.8) is 0 Å². The van der Waals surface area contributed by atoms with Gasteiger partial charge in [0, 0.05) is 9.49 Å². The van der Waals surface area contributed by atoms with Crippen LogP contribution in [-0.4, -0.2) is 9.49 Å². The van der Waals surface area contributed by atoms with E-state index in [-0.39, 0.29) is 0 Å². The molecular weight excluding hydrogens is 316 g/mol. The van der Waals surface area contributed by atoms with E-state index in [4.69, 9.17) is 0 Å². The molecular formula is C13H28S5. The number of unbranched alkanes of at least 4 members (excludes halogenated alkanes) is 3. The SMILES string of the molecule is CCCCCCC(C)(C)SSSSSC(C)(C)C. The Bertz CT molecular complexity index is 198. The highest BCUT2D eigenvalue weighted by molar-refractivity contribution is 9.35. The minimum absolute atomic E-state index is 0.360. The summed E-state index contributed by atoms with van der Waals surface area (Å²) in [5, 5.41) is 0. The highest BCUT2D eigenvalue weighted by Gasteiger charge is 2.19. The van der Waals surface area contributed by atoms with Gasteiger partial charge >= 0.3 is 0 Å². The van der Waals surface area contributed by atoms with Gasteiger partial charge in [0.25, 0.3) is 0 Å². The van der Waals surface area contributed by atoms with Crippen molar-refractivity contribution in [2.45, 2.75) is 83.1 Å². The van der Waals surface area contributed by atoms with Crippen LogP contribution in [0.4, 0.5) is 0 Å². The molecule has 0 unspecified atom stereocenters. The fourth-order valence-corrected chi connectivity index (χ4v) is 11.7. The minimum Gasteiger partial charge on any atom is -0.0757 e. The van der Waals surface area contributed by atoms with E-state index in [2.05, 4.69) is 41.5 Å². The Kier molecular flexibility index (Phi) is 11.5.